The van der Waals surface area contributed by atoms with Crippen LogP contribution >= 0.6 is 0 Å². The summed E-state index contributed by atoms with van der Waals surface area (Å²) < 4.78 is 0. The van der Waals surface area contributed by atoms with Crippen LogP contribution in [-0.4, -0.2) is 74.0 Å². The molecule has 2 saturated heterocycles. The van der Waals surface area contributed by atoms with E-state index >= 15 is 0 Å². The maximum atomic E-state index is 13.7. The van der Waals surface area contributed by atoms with Gasteiger partial charge < -0.3 is 20.1 Å². The molecule has 1 unspecified atom stereocenters. The first-order valence-electron chi connectivity index (χ1n) is 12.9. The topological polar surface area (TPSA) is 87.0 Å². The van der Waals surface area contributed by atoms with E-state index < -0.39 is 0 Å². The third kappa shape index (κ3) is 4.95. The fourth-order valence-corrected chi connectivity index (χ4v) is 5.41. The number of piperazine rings is 1. The summed E-state index contributed by atoms with van der Waals surface area (Å²) in [6.45, 7) is 9.46. The second-order valence-corrected chi connectivity index (χ2v) is 10.2. The first kappa shape index (κ1) is 24.3. The number of likely N-dealkylation sites (tertiary alicyclic amines) is 1. The molecule has 1 atom stereocenters. The molecule has 2 aromatic carbocycles. The number of hydrazine groups is 1. The van der Waals surface area contributed by atoms with Gasteiger partial charge in [-0.25, -0.2) is 10.4 Å². The van der Waals surface area contributed by atoms with Gasteiger partial charge in [-0.15, -0.1) is 0 Å². The number of carbonyl (C=O) groups is 1. The zero-order chi connectivity index (χ0) is 25.2. The molecule has 2 N–H and O–H groups in total. The summed E-state index contributed by atoms with van der Waals surface area (Å²) in [5.41, 5.74) is 12.2. The number of hydrogen-bond donors (Lipinski definition) is 2. The number of nitrogens with zero attached hydrogens (tertiary/aromatic N) is 5. The lowest BCUT2D eigenvalue weighted by Gasteiger charge is -2.36. The summed E-state index contributed by atoms with van der Waals surface area (Å²) in [7, 11) is 2.16. The number of piperidine rings is 1. The highest BCUT2D eigenvalue weighted by Crippen LogP contribution is 2.31. The van der Waals surface area contributed by atoms with Gasteiger partial charge in [-0.2, -0.15) is 5.26 Å². The fraction of sp³-hybridized carbons (Fsp3) is 0.464. The number of anilines is 1. The van der Waals surface area contributed by atoms with E-state index in [1.165, 1.54) is 5.56 Å². The lowest BCUT2D eigenvalue weighted by atomic mass is 9.88. The summed E-state index contributed by atoms with van der Waals surface area (Å²) in [6, 6.07) is 14.3. The lowest BCUT2D eigenvalue weighted by molar-refractivity contribution is 0.0712. The molecule has 2 aromatic rings. The third-order valence-electron chi connectivity index (χ3n) is 7.69. The second kappa shape index (κ2) is 10.3. The molecule has 0 aromatic heterocycles. The van der Waals surface area contributed by atoms with Crippen LogP contribution in [0.1, 0.15) is 58.3 Å². The number of aryl methyl sites for hydroxylation is 1. The van der Waals surface area contributed by atoms with Gasteiger partial charge in [0.2, 0.25) is 0 Å². The van der Waals surface area contributed by atoms with Crippen LogP contribution in [0.25, 0.3) is 0 Å². The van der Waals surface area contributed by atoms with E-state index in [0.717, 1.165) is 80.3 Å². The highest BCUT2D eigenvalue weighted by Gasteiger charge is 2.29. The molecule has 5 rings (SSSR count). The number of amides is 1. The summed E-state index contributed by atoms with van der Waals surface area (Å²) in [5.74, 6) is 1.31. The van der Waals surface area contributed by atoms with E-state index in [2.05, 4.69) is 52.0 Å². The van der Waals surface area contributed by atoms with Crippen molar-refractivity contribution < 1.29 is 4.79 Å². The summed E-state index contributed by atoms with van der Waals surface area (Å²) in [6.07, 6.45) is 1.85. The van der Waals surface area contributed by atoms with E-state index in [-0.39, 0.29) is 12.1 Å². The maximum absolute atomic E-state index is 13.7. The monoisotopic (exact) mass is 485 g/mol. The Labute approximate surface area is 213 Å². The van der Waals surface area contributed by atoms with Crippen LogP contribution < -0.4 is 15.8 Å². The van der Waals surface area contributed by atoms with Crippen molar-refractivity contribution in [3.05, 3.63) is 64.2 Å². The normalized spacial score (nSPS) is 21.2. The van der Waals surface area contributed by atoms with Crippen LogP contribution in [0.4, 0.5) is 5.69 Å². The highest BCUT2D eigenvalue weighted by atomic mass is 16.2. The number of hydrogen-bond acceptors (Lipinski definition) is 7. The SMILES string of the molecule is Cc1cc(N2CCN(C)CC2)c(C2=NC(C)NN2)cc1C(=O)N1CCC(c2ccc(C#N)cc2)CC1. The largest absolute Gasteiger partial charge is 0.368 e. The van der Waals surface area contributed by atoms with Gasteiger partial charge in [0.05, 0.1) is 11.6 Å². The zero-order valence-electron chi connectivity index (χ0n) is 21.4. The van der Waals surface area contributed by atoms with Crippen LogP contribution in [0.3, 0.4) is 0 Å². The van der Waals surface area contributed by atoms with Gasteiger partial charge in [-0.05, 0) is 75.0 Å². The van der Waals surface area contributed by atoms with Crippen LogP contribution in [0.15, 0.2) is 41.4 Å². The molecule has 8 heteroatoms. The van der Waals surface area contributed by atoms with Crippen molar-refractivity contribution in [3.63, 3.8) is 0 Å². The molecule has 0 saturated carbocycles. The molecule has 1 amide bonds. The van der Waals surface area contributed by atoms with Gasteiger partial charge >= 0.3 is 0 Å². The molecule has 0 aliphatic carbocycles. The van der Waals surface area contributed by atoms with Crippen molar-refractivity contribution in [2.45, 2.75) is 38.8 Å². The van der Waals surface area contributed by atoms with Crippen LogP contribution in [0, 0.1) is 18.3 Å². The standard InChI is InChI=1S/C28H35N7O/c1-19-16-26(34-14-12-33(3)13-15-34)25(27-30-20(2)31-32-27)17-24(19)28(36)35-10-8-23(9-11-35)22-6-4-21(18-29)5-7-22/h4-7,16-17,20,23,31H,8-15H2,1-3H3,(H,30,32). The Balaban J connectivity index is 1.36. The molecule has 0 spiro atoms. The van der Waals surface area contributed by atoms with Crippen molar-refractivity contribution in [2.75, 3.05) is 51.2 Å². The number of amidine groups is 1. The van der Waals surface area contributed by atoms with Gasteiger partial charge in [0.1, 0.15) is 12.0 Å². The zero-order valence-corrected chi connectivity index (χ0v) is 21.4. The average Bonchev–Trinajstić information content (AvgIpc) is 3.34. The minimum absolute atomic E-state index is 0.0120. The Hall–Kier alpha value is -3.41. The highest BCUT2D eigenvalue weighted by molar-refractivity contribution is 6.07. The van der Waals surface area contributed by atoms with Crippen LogP contribution in [0.2, 0.25) is 0 Å². The third-order valence-corrected chi connectivity index (χ3v) is 7.69. The van der Waals surface area contributed by atoms with Gasteiger partial charge in [-0.3, -0.25) is 4.79 Å². The molecular weight excluding hydrogens is 450 g/mol. The Morgan fingerprint density at radius 2 is 1.75 bits per heavy atom. The smallest absolute Gasteiger partial charge is 0.254 e. The Morgan fingerprint density at radius 1 is 1.06 bits per heavy atom. The molecule has 188 valence electrons. The van der Waals surface area contributed by atoms with Crippen LogP contribution in [-0.2, 0) is 0 Å². The number of likely N-dealkylation sites (N-methyl/N-ethyl adjacent to an activating group) is 1. The minimum atomic E-state index is -0.0120. The van der Waals surface area contributed by atoms with Crippen molar-refractivity contribution >= 4 is 17.4 Å². The predicted molar refractivity (Wildman–Crippen MR) is 142 cm³/mol. The quantitative estimate of drug-likeness (QED) is 0.693. The first-order chi connectivity index (χ1) is 17.4. The molecule has 3 heterocycles. The summed E-state index contributed by atoms with van der Waals surface area (Å²) in [4.78, 5) is 25.2. The number of rotatable bonds is 4. The van der Waals surface area contributed by atoms with Crippen molar-refractivity contribution in [3.8, 4) is 6.07 Å². The Bertz CT molecular complexity index is 1180. The number of aliphatic imine (C=N–C) groups is 1. The molecule has 8 nitrogen and oxygen atoms in total. The average molecular weight is 486 g/mol. The number of nitrogens with one attached hydrogen (secondary N) is 2. The first-order valence-corrected chi connectivity index (χ1v) is 12.9. The summed E-state index contributed by atoms with van der Waals surface area (Å²) >= 11 is 0. The van der Waals surface area contributed by atoms with E-state index in [1.807, 2.05) is 36.9 Å². The molecular formula is C28H35N7O. The fourth-order valence-electron chi connectivity index (χ4n) is 5.41. The Morgan fingerprint density at radius 3 is 2.36 bits per heavy atom. The Kier molecular flexibility index (Phi) is 6.95. The van der Waals surface area contributed by atoms with E-state index in [1.54, 1.807) is 0 Å². The number of carbonyl (C=O) groups excluding carboxylic acids is 1. The van der Waals surface area contributed by atoms with E-state index in [9.17, 15) is 4.79 Å². The predicted octanol–water partition coefficient (Wildman–Crippen LogP) is 2.84. The lowest BCUT2D eigenvalue weighted by Crippen LogP contribution is -2.45. The van der Waals surface area contributed by atoms with Gasteiger partial charge in [0.25, 0.3) is 5.91 Å². The molecule has 3 aliphatic rings. The van der Waals surface area contributed by atoms with Gasteiger partial charge in [0.15, 0.2) is 0 Å². The van der Waals surface area contributed by atoms with Gasteiger partial charge in [0, 0.05) is 56.1 Å². The molecule has 0 bridgehead atoms. The number of nitriles is 1. The molecule has 36 heavy (non-hydrogen) atoms. The van der Waals surface area contributed by atoms with Crippen LogP contribution in [0.5, 0.6) is 0 Å². The van der Waals surface area contributed by atoms with Crippen molar-refractivity contribution in [1.29, 1.82) is 5.26 Å². The second-order valence-electron chi connectivity index (χ2n) is 10.2. The van der Waals surface area contributed by atoms with Gasteiger partial charge in [-0.1, -0.05) is 12.1 Å². The molecule has 0 radical (unpaired) electrons. The molecule has 2 fully saturated rings. The summed E-state index contributed by atoms with van der Waals surface area (Å²) in [5, 5.41) is 9.06. The van der Waals surface area contributed by atoms with E-state index in [0.29, 0.717) is 11.5 Å². The number of benzene rings is 2. The van der Waals surface area contributed by atoms with Crippen molar-refractivity contribution in [2.24, 2.45) is 4.99 Å². The van der Waals surface area contributed by atoms with E-state index in [4.69, 9.17) is 10.3 Å². The minimum Gasteiger partial charge on any atom is -0.368 e. The van der Waals surface area contributed by atoms with Crippen molar-refractivity contribution in [1.82, 2.24) is 20.7 Å². The molecule has 3 aliphatic heterocycles. The maximum Gasteiger partial charge on any atom is 0.254 e.